The Balaban J connectivity index is 5.59. The lowest BCUT2D eigenvalue weighted by Crippen LogP contribution is -2.59. The SMILES string of the molecule is C=CCOC(=O)C(F)(F)C(F)(F)OC(F)(C(=O)F)C(F)(F)F. The summed E-state index contributed by atoms with van der Waals surface area (Å²) in [6.45, 7) is 1.80. The maximum absolute atomic E-state index is 12.9. The minimum absolute atomic E-state index is 0.632. The van der Waals surface area contributed by atoms with E-state index in [1.807, 2.05) is 4.74 Å². The maximum Gasteiger partial charge on any atom is 0.459 e. The van der Waals surface area contributed by atoms with Gasteiger partial charge in [-0.25, -0.2) is 4.79 Å². The molecule has 0 aliphatic rings. The number of alkyl halides is 8. The fourth-order valence-corrected chi connectivity index (χ4v) is 0.794. The summed E-state index contributed by atoms with van der Waals surface area (Å²) in [6.07, 6.45) is -12.7. The molecule has 0 heterocycles. The zero-order valence-electron chi connectivity index (χ0n) is 10.0. The van der Waals surface area contributed by atoms with Crippen LogP contribution in [0, 0.1) is 0 Å². The molecule has 0 bridgehead atoms. The molecule has 0 fully saturated rings. The van der Waals surface area contributed by atoms with Crippen molar-refractivity contribution in [3.8, 4) is 0 Å². The third kappa shape index (κ3) is 3.69. The van der Waals surface area contributed by atoms with E-state index < -0.39 is 42.7 Å². The number of hydrogen-bond donors (Lipinski definition) is 0. The lowest BCUT2D eigenvalue weighted by atomic mass is 10.2. The van der Waals surface area contributed by atoms with E-state index in [0.29, 0.717) is 6.08 Å². The van der Waals surface area contributed by atoms with Crippen LogP contribution in [0.25, 0.3) is 0 Å². The van der Waals surface area contributed by atoms with Crippen LogP contribution in [0.15, 0.2) is 12.7 Å². The van der Waals surface area contributed by atoms with Crippen molar-refractivity contribution in [1.82, 2.24) is 0 Å². The summed E-state index contributed by atoms with van der Waals surface area (Å²) in [6, 6.07) is -4.17. The predicted molar refractivity (Wildman–Crippen MR) is 48.1 cm³/mol. The Morgan fingerprint density at radius 1 is 1.00 bits per heavy atom. The highest BCUT2D eigenvalue weighted by molar-refractivity contribution is 5.80. The molecule has 0 aromatic heterocycles. The second-order valence-electron chi connectivity index (χ2n) is 3.45. The highest BCUT2D eigenvalue weighted by Gasteiger charge is 2.75. The Morgan fingerprint density at radius 2 is 1.45 bits per heavy atom. The molecule has 128 valence electrons. The summed E-state index contributed by atoms with van der Waals surface area (Å²) in [5, 5.41) is 0. The Morgan fingerprint density at radius 3 is 1.77 bits per heavy atom. The molecule has 0 radical (unpaired) electrons. The van der Waals surface area contributed by atoms with Crippen LogP contribution in [0.4, 0.5) is 39.5 Å². The van der Waals surface area contributed by atoms with E-state index in [0.717, 1.165) is 0 Å². The van der Waals surface area contributed by atoms with Crippen molar-refractivity contribution in [2.45, 2.75) is 24.1 Å². The van der Waals surface area contributed by atoms with Crippen molar-refractivity contribution in [3.63, 3.8) is 0 Å². The third-order valence-electron chi connectivity index (χ3n) is 1.84. The molecule has 4 nitrogen and oxygen atoms in total. The van der Waals surface area contributed by atoms with Crippen LogP contribution in [0.1, 0.15) is 0 Å². The zero-order valence-corrected chi connectivity index (χ0v) is 10.0. The van der Waals surface area contributed by atoms with Crippen LogP contribution in [0.3, 0.4) is 0 Å². The molecule has 0 N–H and O–H groups in total. The van der Waals surface area contributed by atoms with Crippen molar-refractivity contribution < 1.29 is 58.6 Å². The van der Waals surface area contributed by atoms with Gasteiger partial charge in [-0.1, -0.05) is 12.7 Å². The number of rotatable bonds is 7. The summed E-state index contributed by atoms with van der Waals surface area (Å²) < 4.78 is 118. The van der Waals surface area contributed by atoms with E-state index in [9.17, 15) is 49.1 Å². The number of hydrogen-bond acceptors (Lipinski definition) is 4. The molecule has 13 heteroatoms. The van der Waals surface area contributed by atoms with E-state index in [-0.39, 0.29) is 0 Å². The minimum Gasteiger partial charge on any atom is -0.457 e. The van der Waals surface area contributed by atoms with Crippen molar-refractivity contribution in [2.24, 2.45) is 0 Å². The van der Waals surface area contributed by atoms with Gasteiger partial charge >= 0.3 is 36.1 Å². The lowest BCUT2D eigenvalue weighted by Gasteiger charge is -2.30. The maximum atomic E-state index is 12.9. The van der Waals surface area contributed by atoms with Gasteiger partial charge in [-0.2, -0.15) is 39.5 Å². The first kappa shape index (κ1) is 20.2. The summed E-state index contributed by atoms with van der Waals surface area (Å²) in [4.78, 5) is 20.5. The minimum atomic E-state index is -6.76. The average molecular weight is 348 g/mol. The van der Waals surface area contributed by atoms with Gasteiger partial charge < -0.3 is 4.74 Å². The quantitative estimate of drug-likeness (QED) is 0.307. The molecule has 0 aliphatic heterocycles. The number of esters is 1. The summed E-state index contributed by atoms with van der Waals surface area (Å²) in [5.41, 5.74) is 0. The van der Waals surface area contributed by atoms with Crippen molar-refractivity contribution in [3.05, 3.63) is 12.7 Å². The monoisotopic (exact) mass is 348 g/mol. The van der Waals surface area contributed by atoms with Crippen molar-refractivity contribution >= 4 is 12.0 Å². The van der Waals surface area contributed by atoms with Gasteiger partial charge in [0, 0.05) is 0 Å². The second-order valence-corrected chi connectivity index (χ2v) is 3.45. The molecule has 1 unspecified atom stereocenters. The molecule has 0 spiro atoms. The first-order chi connectivity index (χ1) is 9.63. The summed E-state index contributed by atoms with van der Waals surface area (Å²) in [7, 11) is 0. The lowest BCUT2D eigenvalue weighted by molar-refractivity contribution is -0.432. The second kappa shape index (κ2) is 6.14. The average Bonchev–Trinajstić information content (AvgIpc) is 2.33. The molecule has 0 amide bonds. The van der Waals surface area contributed by atoms with Crippen molar-refractivity contribution in [2.75, 3.05) is 6.61 Å². The Hall–Kier alpha value is -1.79. The van der Waals surface area contributed by atoms with Gasteiger partial charge in [0.05, 0.1) is 0 Å². The Kier molecular flexibility index (Phi) is 5.64. The molecular formula is C9H5F9O4. The molecule has 0 aliphatic carbocycles. The van der Waals surface area contributed by atoms with Crippen LogP contribution in [-0.2, 0) is 19.1 Å². The van der Waals surface area contributed by atoms with Crippen LogP contribution in [0.2, 0.25) is 0 Å². The van der Waals surface area contributed by atoms with Gasteiger partial charge in [-0.05, 0) is 0 Å². The molecule has 0 rings (SSSR count). The van der Waals surface area contributed by atoms with Crippen LogP contribution < -0.4 is 0 Å². The van der Waals surface area contributed by atoms with Gasteiger partial charge in [-0.3, -0.25) is 9.53 Å². The Bertz CT molecular complexity index is 458. The summed E-state index contributed by atoms with van der Waals surface area (Å²) in [5.74, 6) is -15.7. The topological polar surface area (TPSA) is 52.6 Å². The zero-order chi connectivity index (χ0) is 18.0. The van der Waals surface area contributed by atoms with Gasteiger partial charge in [0.25, 0.3) is 0 Å². The van der Waals surface area contributed by atoms with Crippen LogP contribution >= 0.6 is 0 Å². The van der Waals surface area contributed by atoms with E-state index in [2.05, 4.69) is 11.3 Å². The molecule has 0 aromatic rings. The van der Waals surface area contributed by atoms with E-state index in [1.165, 1.54) is 0 Å². The molecule has 0 aromatic carbocycles. The first-order valence-electron chi connectivity index (χ1n) is 4.83. The Labute approximate surface area is 115 Å². The van der Waals surface area contributed by atoms with Crippen molar-refractivity contribution in [1.29, 1.82) is 0 Å². The number of carbonyl (C=O) groups is 2. The molecule has 1 atom stereocenters. The predicted octanol–water partition coefficient (Wildman–Crippen LogP) is 2.68. The van der Waals surface area contributed by atoms with Gasteiger partial charge in [0.15, 0.2) is 0 Å². The van der Waals surface area contributed by atoms with E-state index in [4.69, 9.17) is 0 Å². The normalized spacial score (nSPS) is 15.9. The smallest absolute Gasteiger partial charge is 0.457 e. The first-order valence-corrected chi connectivity index (χ1v) is 4.83. The fraction of sp³-hybridized carbons (Fsp3) is 0.556. The molecule has 0 saturated heterocycles. The highest BCUT2D eigenvalue weighted by Crippen LogP contribution is 2.45. The molecular weight excluding hydrogens is 343 g/mol. The van der Waals surface area contributed by atoms with Gasteiger partial charge in [0.2, 0.25) is 0 Å². The third-order valence-corrected chi connectivity index (χ3v) is 1.84. The van der Waals surface area contributed by atoms with Crippen LogP contribution in [-0.4, -0.2) is 42.7 Å². The molecule has 0 saturated carbocycles. The van der Waals surface area contributed by atoms with Gasteiger partial charge in [-0.15, -0.1) is 0 Å². The van der Waals surface area contributed by atoms with Crippen LogP contribution in [0.5, 0.6) is 0 Å². The summed E-state index contributed by atoms with van der Waals surface area (Å²) >= 11 is 0. The number of carbonyl (C=O) groups excluding carboxylic acids is 2. The highest BCUT2D eigenvalue weighted by atomic mass is 19.4. The number of ether oxygens (including phenoxy) is 2. The van der Waals surface area contributed by atoms with Gasteiger partial charge in [0.1, 0.15) is 6.61 Å². The fourth-order valence-electron chi connectivity index (χ4n) is 0.794. The molecule has 22 heavy (non-hydrogen) atoms. The van der Waals surface area contributed by atoms with E-state index >= 15 is 0 Å². The largest absolute Gasteiger partial charge is 0.459 e. The van der Waals surface area contributed by atoms with E-state index in [1.54, 1.807) is 0 Å². The standard InChI is InChI=1S/C9H5F9O4/c1-2-3-21-5(20)6(11,12)9(17,18)22-7(13,4(10)19)8(14,15)16/h2H,1,3H2. The number of halogens is 9.